The quantitative estimate of drug-likeness (QED) is 0.712. The van der Waals surface area contributed by atoms with Gasteiger partial charge in [0.05, 0.1) is 0 Å². The van der Waals surface area contributed by atoms with Crippen molar-refractivity contribution in [1.29, 1.82) is 0 Å². The van der Waals surface area contributed by atoms with Crippen LogP contribution in [-0.4, -0.2) is 22.2 Å². The summed E-state index contributed by atoms with van der Waals surface area (Å²) >= 11 is 0. The summed E-state index contributed by atoms with van der Waals surface area (Å²) in [4.78, 5) is 21.1. The molecular weight excluding hydrogens is 191 g/mol. The molecule has 14 heavy (non-hydrogen) atoms. The highest BCUT2D eigenvalue weighted by Crippen LogP contribution is 2.17. The second-order valence-corrected chi connectivity index (χ2v) is 2.66. The van der Waals surface area contributed by atoms with Crippen molar-refractivity contribution in [2.24, 2.45) is 0 Å². The highest BCUT2D eigenvalue weighted by molar-refractivity contribution is 5.98. The van der Waals surface area contributed by atoms with Crippen molar-refractivity contribution in [3.63, 3.8) is 0 Å². The number of carboxylic acids is 2. The van der Waals surface area contributed by atoms with Crippen LogP contribution in [0.5, 0.6) is 0 Å². The number of carboxylic acid groups (broad SMARTS) is 2. The van der Waals surface area contributed by atoms with Gasteiger partial charge in [-0.05, 0) is 17.7 Å². The van der Waals surface area contributed by atoms with E-state index in [9.17, 15) is 14.0 Å². The first-order valence-electron chi connectivity index (χ1n) is 3.73. The van der Waals surface area contributed by atoms with Crippen LogP contribution in [0.25, 0.3) is 0 Å². The van der Waals surface area contributed by atoms with Crippen LogP contribution in [-0.2, 0) is 9.59 Å². The fourth-order valence-corrected chi connectivity index (χ4v) is 1.08. The monoisotopic (exact) mass is 198 g/mol. The molecular formula is C9H7FO4. The average molecular weight is 198 g/mol. The second-order valence-electron chi connectivity index (χ2n) is 2.66. The zero-order valence-electron chi connectivity index (χ0n) is 6.98. The summed E-state index contributed by atoms with van der Waals surface area (Å²) < 4.78 is 12.7. The first-order valence-corrected chi connectivity index (χ1v) is 3.73. The summed E-state index contributed by atoms with van der Waals surface area (Å²) in [6.07, 6.45) is 0. The molecule has 1 rings (SSSR count). The molecule has 0 aromatic heterocycles. The van der Waals surface area contributed by atoms with Crippen LogP contribution < -0.4 is 0 Å². The van der Waals surface area contributed by atoms with Crippen LogP contribution in [0.2, 0.25) is 0 Å². The molecule has 1 aromatic rings. The van der Waals surface area contributed by atoms with Gasteiger partial charge in [0.15, 0.2) is 5.92 Å². The largest absolute Gasteiger partial charge is 0.480 e. The van der Waals surface area contributed by atoms with E-state index >= 15 is 0 Å². The lowest BCUT2D eigenvalue weighted by Gasteiger charge is -2.06. The molecule has 0 amide bonds. The van der Waals surface area contributed by atoms with Crippen molar-refractivity contribution >= 4 is 11.9 Å². The minimum absolute atomic E-state index is 0.0787. The van der Waals surface area contributed by atoms with Gasteiger partial charge in [-0.3, -0.25) is 9.59 Å². The van der Waals surface area contributed by atoms with Crippen molar-refractivity contribution in [3.8, 4) is 0 Å². The van der Waals surface area contributed by atoms with Gasteiger partial charge in [-0.1, -0.05) is 12.1 Å². The highest BCUT2D eigenvalue weighted by Gasteiger charge is 2.27. The second kappa shape index (κ2) is 3.87. The first-order chi connectivity index (χ1) is 6.52. The summed E-state index contributed by atoms with van der Waals surface area (Å²) in [5.74, 6) is -5.40. The van der Waals surface area contributed by atoms with Crippen molar-refractivity contribution in [3.05, 3.63) is 35.6 Å². The number of carbonyl (C=O) groups is 2. The Hall–Kier alpha value is -1.91. The third-order valence-corrected chi connectivity index (χ3v) is 1.68. The van der Waals surface area contributed by atoms with Crippen LogP contribution in [0.4, 0.5) is 4.39 Å². The Labute approximate surface area is 78.6 Å². The molecule has 2 N–H and O–H groups in total. The lowest BCUT2D eigenvalue weighted by Crippen LogP contribution is -2.21. The smallest absolute Gasteiger partial charge is 0.322 e. The molecule has 0 spiro atoms. The van der Waals surface area contributed by atoms with Crippen LogP contribution in [0.3, 0.4) is 0 Å². The number of hydrogen-bond acceptors (Lipinski definition) is 2. The van der Waals surface area contributed by atoms with Gasteiger partial charge < -0.3 is 10.2 Å². The summed E-state index contributed by atoms with van der Waals surface area (Å²) in [5.41, 5.74) is -0.0787. The maximum absolute atomic E-state index is 12.7. The van der Waals surface area contributed by atoms with Crippen molar-refractivity contribution < 1.29 is 24.2 Å². The van der Waals surface area contributed by atoms with Gasteiger partial charge in [0.1, 0.15) is 5.82 Å². The molecule has 0 aliphatic rings. The van der Waals surface area contributed by atoms with E-state index in [4.69, 9.17) is 10.2 Å². The Morgan fingerprint density at radius 1 is 1.21 bits per heavy atom. The van der Waals surface area contributed by atoms with Gasteiger partial charge in [0.25, 0.3) is 0 Å². The van der Waals surface area contributed by atoms with E-state index < -0.39 is 23.7 Å². The number of halogens is 1. The van der Waals surface area contributed by atoms with Crippen LogP contribution in [0.15, 0.2) is 24.3 Å². The van der Waals surface area contributed by atoms with Gasteiger partial charge in [-0.15, -0.1) is 0 Å². The summed E-state index contributed by atoms with van der Waals surface area (Å²) in [6, 6.07) is 4.54. The average Bonchev–Trinajstić information content (AvgIpc) is 2.02. The van der Waals surface area contributed by atoms with E-state index in [1.807, 2.05) is 0 Å². The van der Waals surface area contributed by atoms with E-state index in [2.05, 4.69) is 0 Å². The molecule has 0 unspecified atom stereocenters. The molecule has 0 fully saturated rings. The molecule has 0 bridgehead atoms. The summed E-state index contributed by atoms with van der Waals surface area (Å²) in [7, 11) is 0. The van der Waals surface area contributed by atoms with E-state index in [1.165, 1.54) is 12.1 Å². The lowest BCUT2D eigenvalue weighted by atomic mass is 10.00. The SMILES string of the molecule is O=C(O)C(C(=O)O)c1cccc(F)c1. The normalized spacial score (nSPS) is 10.1. The molecule has 74 valence electrons. The Balaban J connectivity index is 3.12. The Bertz CT molecular complexity index is 361. The zero-order chi connectivity index (χ0) is 10.7. The molecule has 4 nitrogen and oxygen atoms in total. The third kappa shape index (κ3) is 2.07. The number of hydrogen-bond donors (Lipinski definition) is 2. The molecule has 0 heterocycles. The third-order valence-electron chi connectivity index (χ3n) is 1.68. The Morgan fingerprint density at radius 2 is 1.79 bits per heavy atom. The fourth-order valence-electron chi connectivity index (χ4n) is 1.08. The van der Waals surface area contributed by atoms with E-state index in [1.54, 1.807) is 0 Å². The molecule has 0 saturated carbocycles. The number of benzene rings is 1. The van der Waals surface area contributed by atoms with Crippen molar-refractivity contribution in [1.82, 2.24) is 0 Å². The van der Waals surface area contributed by atoms with Gasteiger partial charge in [-0.2, -0.15) is 0 Å². The molecule has 0 atom stereocenters. The Kier molecular flexibility index (Phi) is 2.81. The summed E-state index contributed by atoms with van der Waals surface area (Å²) in [5, 5.41) is 17.2. The van der Waals surface area contributed by atoms with E-state index in [0.717, 1.165) is 12.1 Å². The predicted octanol–water partition coefficient (Wildman–Crippen LogP) is 1.08. The Morgan fingerprint density at radius 3 is 2.21 bits per heavy atom. The lowest BCUT2D eigenvalue weighted by molar-refractivity contribution is -0.150. The van der Waals surface area contributed by atoms with Crippen LogP contribution >= 0.6 is 0 Å². The van der Waals surface area contributed by atoms with Gasteiger partial charge >= 0.3 is 11.9 Å². The summed E-state index contributed by atoms with van der Waals surface area (Å²) in [6.45, 7) is 0. The maximum Gasteiger partial charge on any atom is 0.322 e. The fraction of sp³-hybridized carbons (Fsp3) is 0.111. The molecule has 0 aliphatic carbocycles. The maximum atomic E-state index is 12.7. The predicted molar refractivity (Wildman–Crippen MR) is 44.4 cm³/mol. The minimum atomic E-state index is -1.72. The molecule has 1 aromatic carbocycles. The molecule has 5 heteroatoms. The standard InChI is InChI=1S/C9H7FO4/c10-6-3-1-2-5(4-6)7(8(11)12)9(13)14/h1-4,7H,(H,11,12)(H,13,14). The first kappa shape index (κ1) is 10.2. The highest BCUT2D eigenvalue weighted by atomic mass is 19.1. The van der Waals surface area contributed by atoms with E-state index in [0.29, 0.717) is 0 Å². The molecule has 0 saturated heterocycles. The zero-order valence-corrected chi connectivity index (χ0v) is 6.98. The molecule has 0 aliphatic heterocycles. The van der Waals surface area contributed by atoms with E-state index in [-0.39, 0.29) is 5.56 Å². The molecule has 0 radical (unpaired) electrons. The van der Waals surface area contributed by atoms with Crippen molar-refractivity contribution in [2.75, 3.05) is 0 Å². The minimum Gasteiger partial charge on any atom is -0.480 e. The van der Waals surface area contributed by atoms with Crippen molar-refractivity contribution in [2.45, 2.75) is 5.92 Å². The van der Waals surface area contributed by atoms with Gasteiger partial charge in [0, 0.05) is 0 Å². The van der Waals surface area contributed by atoms with Crippen LogP contribution in [0, 0.1) is 5.82 Å². The topological polar surface area (TPSA) is 74.6 Å². The van der Waals surface area contributed by atoms with Gasteiger partial charge in [0.2, 0.25) is 0 Å². The van der Waals surface area contributed by atoms with Crippen LogP contribution in [0.1, 0.15) is 11.5 Å². The number of aliphatic carboxylic acids is 2. The number of rotatable bonds is 3. The van der Waals surface area contributed by atoms with Gasteiger partial charge in [-0.25, -0.2) is 4.39 Å².